The highest BCUT2D eigenvalue weighted by molar-refractivity contribution is 6.29. The zero-order valence-corrected chi connectivity index (χ0v) is 10.0. The van der Waals surface area contributed by atoms with Crippen molar-refractivity contribution in [2.75, 3.05) is 32.8 Å². The third-order valence-electron chi connectivity index (χ3n) is 2.63. The van der Waals surface area contributed by atoms with Gasteiger partial charge in [0.15, 0.2) is 0 Å². The van der Waals surface area contributed by atoms with Crippen LogP contribution in [0.4, 0.5) is 0 Å². The second kappa shape index (κ2) is 7.23. The Hall–Kier alpha value is -0.0900. The predicted molar refractivity (Wildman–Crippen MR) is 64.1 cm³/mol. The predicted octanol–water partition coefficient (Wildman–Crippen LogP) is 1.57. The standard InChI is InChI=1S/C11H21ClN2O/c1-10(12)9-14-6-3-11(4-7-14)15-8-2-5-13/h11H,1-9,13H2. The van der Waals surface area contributed by atoms with Crippen LogP contribution in [-0.2, 0) is 4.74 Å². The lowest BCUT2D eigenvalue weighted by Crippen LogP contribution is -2.37. The van der Waals surface area contributed by atoms with Crippen LogP contribution in [0.15, 0.2) is 11.6 Å². The van der Waals surface area contributed by atoms with Gasteiger partial charge in [-0.2, -0.15) is 0 Å². The minimum atomic E-state index is 0.413. The normalized spacial score (nSPS) is 19.3. The summed E-state index contributed by atoms with van der Waals surface area (Å²) in [6, 6.07) is 0. The molecule has 0 aromatic carbocycles. The lowest BCUT2D eigenvalue weighted by molar-refractivity contribution is 0.00935. The number of piperidine rings is 1. The summed E-state index contributed by atoms with van der Waals surface area (Å²) in [6.45, 7) is 8.13. The van der Waals surface area contributed by atoms with Crippen LogP contribution in [0.5, 0.6) is 0 Å². The van der Waals surface area contributed by atoms with Crippen molar-refractivity contribution >= 4 is 11.6 Å². The monoisotopic (exact) mass is 232 g/mol. The maximum atomic E-state index is 5.77. The van der Waals surface area contributed by atoms with Crippen molar-refractivity contribution in [1.82, 2.24) is 4.90 Å². The first-order chi connectivity index (χ1) is 7.22. The van der Waals surface area contributed by atoms with E-state index in [0.29, 0.717) is 12.6 Å². The number of rotatable bonds is 6. The molecule has 1 rings (SSSR count). The third-order valence-corrected chi connectivity index (χ3v) is 2.75. The van der Waals surface area contributed by atoms with E-state index >= 15 is 0 Å². The van der Waals surface area contributed by atoms with E-state index in [1.165, 1.54) is 0 Å². The number of halogens is 1. The van der Waals surface area contributed by atoms with Gasteiger partial charge >= 0.3 is 0 Å². The van der Waals surface area contributed by atoms with Crippen molar-refractivity contribution < 1.29 is 4.74 Å². The van der Waals surface area contributed by atoms with Crippen molar-refractivity contribution in [3.05, 3.63) is 11.6 Å². The number of ether oxygens (including phenoxy) is 1. The number of nitrogens with two attached hydrogens (primary N) is 1. The second-order valence-corrected chi connectivity index (χ2v) is 4.54. The molecule has 0 saturated carbocycles. The minimum absolute atomic E-state index is 0.413. The highest BCUT2D eigenvalue weighted by Crippen LogP contribution is 2.15. The number of nitrogens with zero attached hydrogens (tertiary/aromatic N) is 1. The Kier molecular flexibility index (Phi) is 6.25. The molecule has 15 heavy (non-hydrogen) atoms. The van der Waals surface area contributed by atoms with Gasteiger partial charge in [0.05, 0.1) is 6.10 Å². The number of hydrogen-bond acceptors (Lipinski definition) is 3. The summed E-state index contributed by atoms with van der Waals surface area (Å²) in [7, 11) is 0. The average molecular weight is 233 g/mol. The van der Waals surface area contributed by atoms with E-state index in [9.17, 15) is 0 Å². The van der Waals surface area contributed by atoms with Gasteiger partial charge in [0.2, 0.25) is 0 Å². The zero-order chi connectivity index (χ0) is 11.1. The first-order valence-corrected chi connectivity index (χ1v) is 5.97. The summed E-state index contributed by atoms with van der Waals surface area (Å²) in [4.78, 5) is 2.32. The van der Waals surface area contributed by atoms with Crippen LogP contribution in [0.3, 0.4) is 0 Å². The van der Waals surface area contributed by atoms with Crippen LogP contribution < -0.4 is 5.73 Å². The summed E-state index contributed by atoms with van der Waals surface area (Å²) in [5, 5.41) is 0.720. The molecule has 1 aliphatic heterocycles. The highest BCUT2D eigenvalue weighted by Gasteiger charge is 2.19. The van der Waals surface area contributed by atoms with Crippen molar-refractivity contribution in [3.63, 3.8) is 0 Å². The maximum absolute atomic E-state index is 5.77. The molecule has 1 heterocycles. The maximum Gasteiger partial charge on any atom is 0.0599 e. The van der Waals surface area contributed by atoms with Gasteiger partial charge in [-0.1, -0.05) is 18.2 Å². The first-order valence-electron chi connectivity index (χ1n) is 5.59. The van der Waals surface area contributed by atoms with Crippen LogP contribution in [0.1, 0.15) is 19.3 Å². The molecule has 0 aliphatic carbocycles. The van der Waals surface area contributed by atoms with Gasteiger partial charge in [0.25, 0.3) is 0 Å². The molecule has 1 aliphatic rings. The number of likely N-dealkylation sites (tertiary alicyclic amines) is 1. The molecule has 0 spiro atoms. The molecule has 0 aromatic heterocycles. The molecule has 0 unspecified atom stereocenters. The van der Waals surface area contributed by atoms with Gasteiger partial charge in [-0.3, -0.25) is 4.90 Å². The molecule has 1 saturated heterocycles. The van der Waals surface area contributed by atoms with E-state index in [1.807, 2.05) is 0 Å². The summed E-state index contributed by atoms with van der Waals surface area (Å²) in [5.74, 6) is 0. The molecule has 4 heteroatoms. The molecular weight excluding hydrogens is 212 g/mol. The molecule has 0 radical (unpaired) electrons. The van der Waals surface area contributed by atoms with Crippen LogP contribution in [0.25, 0.3) is 0 Å². The topological polar surface area (TPSA) is 38.5 Å². The molecule has 2 N–H and O–H groups in total. The van der Waals surface area contributed by atoms with E-state index in [4.69, 9.17) is 22.1 Å². The van der Waals surface area contributed by atoms with Gasteiger partial charge in [-0.25, -0.2) is 0 Å². The van der Waals surface area contributed by atoms with Crippen molar-refractivity contribution in [1.29, 1.82) is 0 Å². The average Bonchev–Trinajstić information content (AvgIpc) is 2.20. The Bertz CT molecular complexity index is 191. The second-order valence-electron chi connectivity index (χ2n) is 4.01. The molecule has 0 atom stereocenters. The van der Waals surface area contributed by atoms with Crippen LogP contribution >= 0.6 is 11.6 Å². The van der Waals surface area contributed by atoms with E-state index in [2.05, 4.69) is 11.5 Å². The van der Waals surface area contributed by atoms with Crippen molar-refractivity contribution in [3.8, 4) is 0 Å². The Morgan fingerprint density at radius 1 is 1.47 bits per heavy atom. The molecule has 0 bridgehead atoms. The van der Waals surface area contributed by atoms with E-state index in [0.717, 1.165) is 50.5 Å². The Balaban J connectivity index is 2.10. The fourth-order valence-electron chi connectivity index (χ4n) is 1.81. The van der Waals surface area contributed by atoms with Crippen molar-refractivity contribution in [2.24, 2.45) is 5.73 Å². The van der Waals surface area contributed by atoms with Crippen molar-refractivity contribution in [2.45, 2.75) is 25.4 Å². The van der Waals surface area contributed by atoms with Gasteiger partial charge in [0.1, 0.15) is 0 Å². The SMILES string of the molecule is C=C(Cl)CN1CCC(OCCCN)CC1. The molecule has 3 nitrogen and oxygen atoms in total. The summed E-state index contributed by atoms with van der Waals surface area (Å²) < 4.78 is 5.71. The van der Waals surface area contributed by atoms with Gasteiger partial charge in [-0.15, -0.1) is 0 Å². The third kappa shape index (κ3) is 5.52. The van der Waals surface area contributed by atoms with E-state index < -0.39 is 0 Å². The molecular formula is C11H21ClN2O. The quantitative estimate of drug-likeness (QED) is 0.707. The largest absolute Gasteiger partial charge is 0.378 e. The van der Waals surface area contributed by atoms with Crippen LogP contribution in [0.2, 0.25) is 0 Å². The van der Waals surface area contributed by atoms with Gasteiger partial charge in [0, 0.05) is 31.3 Å². The summed E-state index contributed by atoms with van der Waals surface area (Å²) in [6.07, 6.45) is 3.55. The number of hydrogen-bond donors (Lipinski definition) is 1. The minimum Gasteiger partial charge on any atom is -0.378 e. The first kappa shape index (κ1) is 13.0. The molecule has 0 aromatic rings. The molecule has 0 amide bonds. The molecule has 1 fully saturated rings. The van der Waals surface area contributed by atoms with Crippen LogP contribution in [-0.4, -0.2) is 43.8 Å². The fraction of sp³-hybridized carbons (Fsp3) is 0.818. The lowest BCUT2D eigenvalue weighted by Gasteiger charge is -2.31. The van der Waals surface area contributed by atoms with Gasteiger partial charge < -0.3 is 10.5 Å². The Morgan fingerprint density at radius 2 is 2.13 bits per heavy atom. The lowest BCUT2D eigenvalue weighted by atomic mass is 10.1. The van der Waals surface area contributed by atoms with Gasteiger partial charge in [-0.05, 0) is 25.8 Å². The molecule has 88 valence electrons. The zero-order valence-electron chi connectivity index (χ0n) is 9.25. The Morgan fingerprint density at radius 3 is 2.67 bits per heavy atom. The summed E-state index contributed by atoms with van der Waals surface area (Å²) in [5.41, 5.74) is 5.41. The van der Waals surface area contributed by atoms with E-state index in [1.54, 1.807) is 0 Å². The fourth-order valence-corrected chi connectivity index (χ4v) is 1.98. The smallest absolute Gasteiger partial charge is 0.0599 e. The highest BCUT2D eigenvalue weighted by atomic mass is 35.5. The summed E-state index contributed by atoms with van der Waals surface area (Å²) >= 11 is 5.77. The Labute approximate surface area is 97.2 Å². The van der Waals surface area contributed by atoms with Crippen LogP contribution in [0, 0.1) is 0 Å². The van der Waals surface area contributed by atoms with E-state index in [-0.39, 0.29) is 0 Å².